The van der Waals surface area contributed by atoms with Gasteiger partial charge in [0.2, 0.25) is 0 Å². The van der Waals surface area contributed by atoms with E-state index in [-0.39, 0.29) is 11.3 Å². The number of anilines is 1. The largest absolute Gasteiger partial charge is 0.449 e. The van der Waals surface area contributed by atoms with Crippen LogP contribution in [0, 0.1) is 22.7 Å². The molecule has 2 aliphatic carbocycles. The van der Waals surface area contributed by atoms with Crippen molar-refractivity contribution in [3.05, 3.63) is 30.3 Å². The molecular formula is C23H35NO3. The average Bonchev–Trinajstić information content (AvgIpc) is 2.57. The number of ether oxygens (including phenoxy) is 1. The van der Waals surface area contributed by atoms with Crippen LogP contribution in [0.25, 0.3) is 0 Å². The van der Waals surface area contributed by atoms with Gasteiger partial charge in [0.05, 0.1) is 12.2 Å². The predicted octanol–water partition coefficient (Wildman–Crippen LogP) is 5.62. The van der Waals surface area contributed by atoms with Gasteiger partial charge in [0.1, 0.15) is 0 Å². The average molecular weight is 374 g/mol. The van der Waals surface area contributed by atoms with E-state index in [1.807, 2.05) is 37.3 Å². The van der Waals surface area contributed by atoms with Gasteiger partial charge in [-0.25, -0.2) is 4.79 Å². The number of amides is 1. The van der Waals surface area contributed by atoms with Crippen LogP contribution in [-0.4, -0.2) is 23.4 Å². The fraction of sp³-hybridized carbons (Fsp3) is 0.696. The molecule has 2 saturated carbocycles. The molecule has 1 amide bonds. The first kappa shape index (κ1) is 20.2. The molecule has 3 rings (SSSR count). The molecular weight excluding hydrogens is 338 g/mol. The lowest BCUT2D eigenvalue weighted by Crippen LogP contribution is -2.57. The molecule has 0 bridgehead atoms. The summed E-state index contributed by atoms with van der Waals surface area (Å²) in [5.74, 6) is 0.759. The highest BCUT2D eigenvalue weighted by molar-refractivity contribution is 5.84. The van der Waals surface area contributed by atoms with Crippen LogP contribution in [0.3, 0.4) is 0 Å². The van der Waals surface area contributed by atoms with Crippen LogP contribution in [-0.2, 0) is 4.74 Å². The van der Waals surface area contributed by atoms with E-state index in [2.05, 4.69) is 26.1 Å². The number of hydrogen-bond donors (Lipinski definition) is 2. The van der Waals surface area contributed by atoms with E-state index >= 15 is 0 Å². The standard InChI is InChI=1S/C23H35NO3/c1-21(2)13-8-14-22(3)18(21)11-15-23(4,26)19(22)12-16-27-20(25)24-17-9-6-5-7-10-17/h5-7,9-10,18-19,26H,8,11-16H2,1-4H3,(H,24,25). The Bertz CT molecular complexity index is 655. The Balaban J connectivity index is 1.64. The molecule has 0 radical (unpaired) electrons. The lowest BCUT2D eigenvalue weighted by Gasteiger charge is -2.61. The van der Waals surface area contributed by atoms with Crippen molar-refractivity contribution in [2.75, 3.05) is 11.9 Å². The van der Waals surface area contributed by atoms with Crippen LogP contribution < -0.4 is 5.32 Å². The Morgan fingerprint density at radius 3 is 2.56 bits per heavy atom. The Morgan fingerprint density at radius 2 is 1.85 bits per heavy atom. The first-order valence-corrected chi connectivity index (χ1v) is 10.4. The van der Waals surface area contributed by atoms with Crippen LogP contribution in [0.4, 0.5) is 10.5 Å². The number of carbonyl (C=O) groups is 1. The fourth-order valence-electron chi connectivity index (χ4n) is 6.21. The number of hydrogen-bond acceptors (Lipinski definition) is 3. The van der Waals surface area contributed by atoms with Crippen LogP contribution in [0.15, 0.2) is 30.3 Å². The lowest BCUT2D eigenvalue weighted by molar-refractivity contribution is -0.171. The van der Waals surface area contributed by atoms with Crippen molar-refractivity contribution in [3.63, 3.8) is 0 Å². The number of para-hydroxylation sites is 1. The molecule has 2 N–H and O–H groups in total. The quantitative estimate of drug-likeness (QED) is 0.720. The van der Waals surface area contributed by atoms with Crippen LogP contribution in [0.1, 0.15) is 66.2 Å². The van der Waals surface area contributed by atoms with Gasteiger partial charge >= 0.3 is 6.09 Å². The van der Waals surface area contributed by atoms with Crippen molar-refractivity contribution in [3.8, 4) is 0 Å². The maximum absolute atomic E-state index is 12.1. The van der Waals surface area contributed by atoms with Gasteiger partial charge in [0, 0.05) is 5.69 Å². The second-order valence-electron chi connectivity index (χ2n) is 9.76. The van der Waals surface area contributed by atoms with Crippen molar-refractivity contribution >= 4 is 11.8 Å². The third kappa shape index (κ3) is 4.16. The lowest BCUT2D eigenvalue weighted by atomic mass is 9.45. The second-order valence-corrected chi connectivity index (χ2v) is 9.76. The zero-order chi connectivity index (χ0) is 19.7. The Kier molecular flexibility index (Phi) is 5.58. The molecule has 0 spiro atoms. The molecule has 4 heteroatoms. The molecule has 1 aromatic rings. The summed E-state index contributed by atoms with van der Waals surface area (Å²) in [6.45, 7) is 9.44. The fourth-order valence-corrected chi connectivity index (χ4v) is 6.21. The first-order chi connectivity index (χ1) is 12.7. The molecule has 0 aromatic heterocycles. The van der Waals surface area contributed by atoms with E-state index in [9.17, 15) is 9.90 Å². The van der Waals surface area contributed by atoms with E-state index in [0.717, 1.165) is 24.9 Å². The van der Waals surface area contributed by atoms with E-state index in [1.165, 1.54) is 12.8 Å². The summed E-state index contributed by atoms with van der Waals surface area (Å²) >= 11 is 0. The van der Waals surface area contributed by atoms with Crippen LogP contribution in [0.2, 0.25) is 0 Å². The minimum Gasteiger partial charge on any atom is -0.449 e. The molecule has 0 saturated heterocycles. The van der Waals surface area contributed by atoms with Gasteiger partial charge in [0.15, 0.2) is 0 Å². The van der Waals surface area contributed by atoms with Gasteiger partial charge in [-0.3, -0.25) is 5.32 Å². The number of carbonyl (C=O) groups excluding carboxylic acids is 1. The van der Waals surface area contributed by atoms with Gasteiger partial charge < -0.3 is 9.84 Å². The highest BCUT2D eigenvalue weighted by atomic mass is 16.5. The molecule has 2 fully saturated rings. The van der Waals surface area contributed by atoms with Gasteiger partial charge in [-0.15, -0.1) is 0 Å². The van der Waals surface area contributed by atoms with E-state index < -0.39 is 11.7 Å². The van der Waals surface area contributed by atoms with Crippen molar-refractivity contribution in [2.45, 2.75) is 71.8 Å². The second kappa shape index (κ2) is 7.46. The molecule has 4 atom stereocenters. The van der Waals surface area contributed by atoms with Crippen molar-refractivity contribution in [2.24, 2.45) is 22.7 Å². The Morgan fingerprint density at radius 1 is 1.15 bits per heavy atom. The molecule has 0 aliphatic heterocycles. The minimum atomic E-state index is -0.696. The summed E-state index contributed by atoms with van der Waals surface area (Å²) in [4.78, 5) is 12.1. The SMILES string of the molecule is CC1(C)CCCC2(C)C1CCC(C)(O)C2CCOC(=O)Nc1ccccc1. The zero-order valence-corrected chi connectivity index (χ0v) is 17.3. The maximum Gasteiger partial charge on any atom is 0.411 e. The topological polar surface area (TPSA) is 58.6 Å². The van der Waals surface area contributed by atoms with Gasteiger partial charge in [-0.05, 0) is 73.8 Å². The number of fused-ring (bicyclic) bond motifs is 1. The maximum atomic E-state index is 12.1. The molecule has 4 unspecified atom stereocenters. The number of nitrogens with one attached hydrogen (secondary N) is 1. The molecule has 0 heterocycles. The monoisotopic (exact) mass is 373 g/mol. The molecule has 2 aliphatic rings. The van der Waals surface area contributed by atoms with E-state index in [0.29, 0.717) is 24.4 Å². The van der Waals surface area contributed by atoms with Gasteiger partial charge in [-0.2, -0.15) is 0 Å². The summed E-state index contributed by atoms with van der Waals surface area (Å²) in [6.07, 6.45) is 5.82. The van der Waals surface area contributed by atoms with Gasteiger partial charge in [-0.1, -0.05) is 45.4 Å². The number of rotatable bonds is 4. The highest BCUT2D eigenvalue weighted by Gasteiger charge is 2.57. The smallest absolute Gasteiger partial charge is 0.411 e. The van der Waals surface area contributed by atoms with Crippen molar-refractivity contribution in [1.82, 2.24) is 0 Å². The number of aliphatic hydroxyl groups is 1. The van der Waals surface area contributed by atoms with Crippen molar-refractivity contribution < 1.29 is 14.6 Å². The van der Waals surface area contributed by atoms with E-state index in [4.69, 9.17) is 4.74 Å². The summed E-state index contributed by atoms with van der Waals surface area (Å²) in [7, 11) is 0. The highest BCUT2D eigenvalue weighted by Crippen LogP contribution is 2.62. The Hall–Kier alpha value is -1.55. The predicted molar refractivity (Wildman–Crippen MR) is 109 cm³/mol. The summed E-state index contributed by atoms with van der Waals surface area (Å²) < 4.78 is 5.46. The zero-order valence-electron chi connectivity index (χ0n) is 17.3. The molecule has 4 nitrogen and oxygen atoms in total. The summed E-state index contributed by atoms with van der Waals surface area (Å²) in [5.41, 5.74) is 0.446. The molecule has 150 valence electrons. The van der Waals surface area contributed by atoms with Crippen molar-refractivity contribution in [1.29, 1.82) is 0 Å². The summed E-state index contributed by atoms with van der Waals surface area (Å²) in [6, 6.07) is 9.33. The minimum absolute atomic E-state index is 0.1000. The van der Waals surface area contributed by atoms with Crippen LogP contribution in [0.5, 0.6) is 0 Å². The Labute approximate surface area is 163 Å². The third-order valence-corrected chi connectivity index (χ3v) is 7.42. The van der Waals surface area contributed by atoms with Gasteiger partial charge in [0.25, 0.3) is 0 Å². The molecule has 27 heavy (non-hydrogen) atoms. The summed E-state index contributed by atoms with van der Waals surface area (Å²) in [5, 5.41) is 13.9. The first-order valence-electron chi connectivity index (χ1n) is 10.4. The molecule has 1 aromatic carbocycles. The van der Waals surface area contributed by atoms with Crippen LogP contribution >= 0.6 is 0 Å². The normalized spacial score (nSPS) is 35.1. The third-order valence-electron chi connectivity index (χ3n) is 7.42. The van der Waals surface area contributed by atoms with E-state index in [1.54, 1.807) is 0 Å². The number of benzene rings is 1.